The standard InChI is InChI=1S/C14H28N2O3/c1-9(2)7-10(8-15)11(17)16-14(5,6)13(3,4)12(18)19/h9-10H,7-8,15H2,1-6H3,(H,16,17)(H,18,19). The van der Waals surface area contributed by atoms with E-state index in [1.807, 2.05) is 13.8 Å². The summed E-state index contributed by atoms with van der Waals surface area (Å²) >= 11 is 0. The largest absolute Gasteiger partial charge is 0.481 e. The molecular formula is C14H28N2O3. The molecule has 0 fully saturated rings. The SMILES string of the molecule is CC(C)CC(CN)C(=O)NC(C)(C)C(C)(C)C(=O)O. The lowest BCUT2D eigenvalue weighted by Gasteiger charge is -2.39. The maximum atomic E-state index is 12.2. The van der Waals surface area contributed by atoms with Crippen molar-refractivity contribution < 1.29 is 14.7 Å². The van der Waals surface area contributed by atoms with E-state index in [0.717, 1.165) is 0 Å². The summed E-state index contributed by atoms with van der Waals surface area (Å²) in [7, 11) is 0. The smallest absolute Gasteiger partial charge is 0.311 e. The number of hydrogen-bond acceptors (Lipinski definition) is 3. The number of carboxylic acids is 1. The van der Waals surface area contributed by atoms with Crippen molar-refractivity contribution in [3.8, 4) is 0 Å². The second kappa shape index (κ2) is 6.37. The Hall–Kier alpha value is -1.10. The highest BCUT2D eigenvalue weighted by Crippen LogP contribution is 2.31. The molecular weight excluding hydrogens is 244 g/mol. The normalized spacial score (nSPS) is 14.3. The number of aliphatic carboxylic acids is 1. The van der Waals surface area contributed by atoms with Crippen LogP contribution in [-0.2, 0) is 9.59 Å². The molecule has 1 unspecified atom stereocenters. The van der Waals surface area contributed by atoms with Gasteiger partial charge in [0.25, 0.3) is 0 Å². The van der Waals surface area contributed by atoms with Crippen LogP contribution >= 0.6 is 0 Å². The molecule has 0 aliphatic rings. The van der Waals surface area contributed by atoms with Crippen molar-refractivity contribution in [1.29, 1.82) is 0 Å². The summed E-state index contributed by atoms with van der Waals surface area (Å²) in [4.78, 5) is 23.5. The number of nitrogens with one attached hydrogen (secondary N) is 1. The van der Waals surface area contributed by atoms with Crippen LogP contribution in [-0.4, -0.2) is 29.1 Å². The molecule has 0 aliphatic carbocycles. The Kier molecular flexibility index (Phi) is 6.00. The van der Waals surface area contributed by atoms with Crippen molar-refractivity contribution >= 4 is 11.9 Å². The highest BCUT2D eigenvalue weighted by Gasteiger charge is 2.45. The van der Waals surface area contributed by atoms with Gasteiger partial charge in [0.05, 0.1) is 11.3 Å². The van der Waals surface area contributed by atoms with Crippen LogP contribution in [0, 0.1) is 17.3 Å². The third-order valence-electron chi connectivity index (χ3n) is 3.94. The van der Waals surface area contributed by atoms with Crippen LogP contribution in [0.5, 0.6) is 0 Å². The Morgan fingerprint density at radius 1 is 1.21 bits per heavy atom. The molecule has 19 heavy (non-hydrogen) atoms. The van der Waals surface area contributed by atoms with Gasteiger partial charge in [-0.2, -0.15) is 0 Å². The fourth-order valence-electron chi connectivity index (χ4n) is 1.71. The summed E-state index contributed by atoms with van der Waals surface area (Å²) in [6.45, 7) is 11.0. The first-order valence-corrected chi connectivity index (χ1v) is 6.71. The molecule has 0 bridgehead atoms. The number of carbonyl (C=O) groups is 2. The third-order valence-corrected chi connectivity index (χ3v) is 3.94. The Balaban J connectivity index is 4.92. The molecule has 5 nitrogen and oxygen atoms in total. The Morgan fingerprint density at radius 2 is 1.68 bits per heavy atom. The van der Waals surface area contributed by atoms with E-state index < -0.39 is 16.9 Å². The van der Waals surface area contributed by atoms with Crippen molar-refractivity contribution in [2.45, 2.75) is 53.5 Å². The molecule has 0 heterocycles. The number of hydrogen-bond donors (Lipinski definition) is 3. The van der Waals surface area contributed by atoms with E-state index in [9.17, 15) is 14.7 Å². The predicted molar refractivity (Wildman–Crippen MR) is 75.6 cm³/mol. The lowest BCUT2D eigenvalue weighted by molar-refractivity contribution is -0.152. The van der Waals surface area contributed by atoms with Gasteiger partial charge in [0, 0.05) is 12.1 Å². The second-order valence-corrected chi connectivity index (χ2v) is 6.61. The van der Waals surface area contributed by atoms with Crippen LogP contribution in [0.1, 0.15) is 48.0 Å². The molecule has 112 valence electrons. The number of carbonyl (C=O) groups excluding carboxylic acids is 1. The van der Waals surface area contributed by atoms with Gasteiger partial charge in [0.15, 0.2) is 0 Å². The molecule has 0 aromatic carbocycles. The van der Waals surface area contributed by atoms with Gasteiger partial charge >= 0.3 is 5.97 Å². The van der Waals surface area contributed by atoms with Crippen molar-refractivity contribution in [1.82, 2.24) is 5.32 Å². The van der Waals surface area contributed by atoms with E-state index in [2.05, 4.69) is 5.32 Å². The molecule has 0 saturated heterocycles. The minimum absolute atomic E-state index is 0.171. The predicted octanol–water partition coefficient (Wildman–Crippen LogP) is 1.61. The minimum atomic E-state index is -1.06. The molecule has 5 heteroatoms. The van der Waals surface area contributed by atoms with Gasteiger partial charge < -0.3 is 16.2 Å². The molecule has 0 radical (unpaired) electrons. The molecule has 1 amide bonds. The summed E-state index contributed by atoms with van der Waals surface area (Å²) < 4.78 is 0. The zero-order valence-electron chi connectivity index (χ0n) is 12.9. The number of carboxylic acid groups (broad SMARTS) is 1. The van der Waals surface area contributed by atoms with Gasteiger partial charge in [-0.1, -0.05) is 13.8 Å². The van der Waals surface area contributed by atoms with Gasteiger partial charge in [-0.3, -0.25) is 9.59 Å². The van der Waals surface area contributed by atoms with Crippen LogP contribution in [0.4, 0.5) is 0 Å². The van der Waals surface area contributed by atoms with Crippen LogP contribution in [0.2, 0.25) is 0 Å². The maximum absolute atomic E-state index is 12.2. The fraction of sp³-hybridized carbons (Fsp3) is 0.857. The van der Waals surface area contributed by atoms with E-state index in [1.165, 1.54) is 0 Å². The summed E-state index contributed by atoms with van der Waals surface area (Å²) in [5.74, 6) is -1.01. The zero-order valence-corrected chi connectivity index (χ0v) is 12.9. The van der Waals surface area contributed by atoms with Crippen molar-refractivity contribution in [2.24, 2.45) is 23.0 Å². The molecule has 0 aromatic heterocycles. The second-order valence-electron chi connectivity index (χ2n) is 6.61. The van der Waals surface area contributed by atoms with E-state index in [-0.39, 0.29) is 18.4 Å². The van der Waals surface area contributed by atoms with Gasteiger partial charge in [-0.15, -0.1) is 0 Å². The molecule has 1 atom stereocenters. The fourth-order valence-corrected chi connectivity index (χ4v) is 1.71. The van der Waals surface area contributed by atoms with E-state index in [0.29, 0.717) is 12.3 Å². The summed E-state index contributed by atoms with van der Waals surface area (Å²) in [5, 5.41) is 12.1. The molecule has 0 spiro atoms. The first kappa shape index (κ1) is 17.9. The quantitative estimate of drug-likeness (QED) is 0.656. The van der Waals surface area contributed by atoms with Gasteiger partial charge in [-0.25, -0.2) is 0 Å². The highest BCUT2D eigenvalue weighted by atomic mass is 16.4. The minimum Gasteiger partial charge on any atom is -0.481 e. The van der Waals surface area contributed by atoms with Crippen LogP contribution < -0.4 is 11.1 Å². The van der Waals surface area contributed by atoms with Crippen LogP contribution in [0.3, 0.4) is 0 Å². The average molecular weight is 272 g/mol. The molecule has 0 rings (SSSR count). The van der Waals surface area contributed by atoms with Crippen LogP contribution in [0.25, 0.3) is 0 Å². The first-order valence-electron chi connectivity index (χ1n) is 6.71. The molecule has 0 aliphatic heterocycles. The Labute approximate surface area is 115 Å². The lowest BCUT2D eigenvalue weighted by Crippen LogP contribution is -2.58. The lowest BCUT2D eigenvalue weighted by atomic mass is 9.74. The average Bonchev–Trinajstić information content (AvgIpc) is 2.24. The van der Waals surface area contributed by atoms with Crippen LogP contribution in [0.15, 0.2) is 0 Å². The van der Waals surface area contributed by atoms with Gasteiger partial charge in [0.2, 0.25) is 5.91 Å². The number of rotatable bonds is 7. The number of amides is 1. The van der Waals surface area contributed by atoms with Gasteiger partial charge in [0.1, 0.15) is 0 Å². The van der Waals surface area contributed by atoms with Crippen molar-refractivity contribution in [2.75, 3.05) is 6.54 Å². The van der Waals surface area contributed by atoms with Crippen molar-refractivity contribution in [3.63, 3.8) is 0 Å². The molecule has 4 N–H and O–H groups in total. The Morgan fingerprint density at radius 3 is 2.00 bits per heavy atom. The highest BCUT2D eigenvalue weighted by molar-refractivity contribution is 5.82. The Bertz CT molecular complexity index is 336. The summed E-state index contributed by atoms with van der Waals surface area (Å²) in [6.07, 6.45) is 0.700. The summed E-state index contributed by atoms with van der Waals surface area (Å²) in [6, 6.07) is 0. The molecule has 0 saturated carbocycles. The first-order chi connectivity index (χ1) is 8.45. The van der Waals surface area contributed by atoms with E-state index in [1.54, 1.807) is 27.7 Å². The van der Waals surface area contributed by atoms with E-state index >= 15 is 0 Å². The molecule has 0 aromatic rings. The maximum Gasteiger partial charge on any atom is 0.311 e. The van der Waals surface area contributed by atoms with E-state index in [4.69, 9.17) is 5.73 Å². The number of nitrogens with two attached hydrogens (primary N) is 1. The third kappa shape index (κ3) is 4.49. The monoisotopic (exact) mass is 272 g/mol. The van der Waals surface area contributed by atoms with Crippen molar-refractivity contribution in [3.05, 3.63) is 0 Å². The topological polar surface area (TPSA) is 92.4 Å². The summed E-state index contributed by atoms with van der Waals surface area (Å²) in [5.41, 5.74) is 3.73. The van der Waals surface area contributed by atoms with Gasteiger partial charge in [-0.05, 0) is 40.0 Å². The zero-order chi connectivity index (χ0) is 15.4.